The molecule has 0 aliphatic carbocycles. The Bertz CT molecular complexity index is 758. The van der Waals surface area contributed by atoms with Crippen LogP contribution in [0.15, 0.2) is 54.7 Å². The molecule has 0 bridgehead atoms. The van der Waals surface area contributed by atoms with E-state index in [1.54, 1.807) is 6.20 Å². The van der Waals surface area contributed by atoms with E-state index < -0.39 is 0 Å². The van der Waals surface area contributed by atoms with Gasteiger partial charge in [0.15, 0.2) is 0 Å². The van der Waals surface area contributed by atoms with Crippen LogP contribution in [0.2, 0.25) is 0 Å². The van der Waals surface area contributed by atoms with Crippen molar-refractivity contribution < 1.29 is 9.84 Å². The second kappa shape index (κ2) is 5.76. The third kappa shape index (κ3) is 2.62. The number of ether oxygens (including phenoxy) is 1. The van der Waals surface area contributed by atoms with E-state index in [0.29, 0.717) is 5.75 Å². The highest BCUT2D eigenvalue weighted by molar-refractivity contribution is 14.1. The molecule has 0 unspecified atom stereocenters. The predicted octanol–water partition coefficient (Wildman–Crippen LogP) is 4.12. The van der Waals surface area contributed by atoms with Gasteiger partial charge in [-0.05, 0) is 46.4 Å². The van der Waals surface area contributed by atoms with Crippen LogP contribution in [0.5, 0.6) is 11.5 Å². The summed E-state index contributed by atoms with van der Waals surface area (Å²) in [6.45, 7) is 0.00540. The number of halogens is 1. The average Bonchev–Trinajstić information content (AvgIpc) is 2.49. The van der Waals surface area contributed by atoms with E-state index in [9.17, 15) is 5.11 Å². The Morgan fingerprint density at radius 3 is 2.80 bits per heavy atom. The Balaban J connectivity index is 1.97. The number of aliphatic hydroxyl groups is 1. The maximum Gasteiger partial charge on any atom is 0.146 e. The number of fused-ring (bicyclic) bond motifs is 1. The van der Waals surface area contributed by atoms with Crippen LogP contribution in [0, 0.1) is 3.57 Å². The van der Waals surface area contributed by atoms with Crippen LogP contribution in [0.1, 0.15) is 5.56 Å². The average molecular weight is 377 g/mol. The van der Waals surface area contributed by atoms with Crippen molar-refractivity contribution in [2.24, 2.45) is 0 Å². The van der Waals surface area contributed by atoms with Gasteiger partial charge in [-0.3, -0.25) is 4.98 Å². The Morgan fingerprint density at radius 1 is 1.10 bits per heavy atom. The van der Waals surface area contributed by atoms with Crippen molar-refractivity contribution in [1.82, 2.24) is 4.98 Å². The van der Waals surface area contributed by atoms with Crippen molar-refractivity contribution in [3.63, 3.8) is 0 Å². The van der Waals surface area contributed by atoms with Crippen LogP contribution in [0.25, 0.3) is 10.9 Å². The molecule has 1 N–H and O–H groups in total. The lowest BCUT2D eigenvalue weighted by atomic mass is 10.2. The molecular formula is C16H12INO2. The van der Waals surface area contributed by atoms with Gasteiger partial charge in [-0.1, -0.05) is 30.3 Å². The summed E-state index contributed by atoms with van der Waals surface area (Å²) in [4.78, 5) is 4.37. The Hall–Kier alpha value is -1.66. The van der Waals surface area contributed by atoms with Gasteiger partial charge in [-0.2, -0.15) is 0 Å². The van der Waals surface area contributed by atoms with Crippen LogP contribution in [0.4, 0.5) is 0 Å². The maximum atomic E-state index is 9.28. The van der Waals surface area contributed by atoms with Crippen LogP contribution in [0.3, 0.4) is 0 Å². The fourth-order valence-electron chi connectivity index (χ4n) is 1.99. The lowest BCUT2D eigenvalue weighted by Crippen LogP contribution is -1.93. The molecule has 0 radical (unpaired) electrons. The number of nitrogens with zero attached hydrogens (tertiary/aromatic N) is 1. The minimum absolute atomic E-state index is 0.00540. The highest BCUT2D eigenvalue weighted by Gasteiger charge is 2.07. The van der Waals surface area contributed by atoms with E-state index >= 15 is 0 Å². The van der Waals surface area contributed by atoms with Gasteiger partial charge in [-0.15, -0.1) is 0 Å². The number of hydrogen-bond donors (Lipinski definition) is 1. The monoisotopic (exact) mass is 377 g/mol. The van der Waals surface area contributed by atoms with E-state index in [2.05, 4.69) is 27.6 Å². The summed E-state index contributed by atoms with van der Waals surface area (Å²) < 4.78 is 6.80. The summed E-state index contributed by atoms with van der Waals surface area (Å²) in [6, 6.07) is 15.5. The number of rotatable bonds is 3. The number of hydrogen-bond acceptors (Lipinski definition) is 3. The minimum atomic E-state index is 0.00540. The normalized spacial score (nSPS) is 10.7. The fraction of sp³-hybridized carbons (Fsp3) is 0.0625. The second-order valence-corrected chi connectivity index (χ2v) is 5.43. The molecule has 0 aliphatic rings. The first kappa shape index (κ1) is 13.3. The summed E-state index contributed by atoms with van der Waals surface area (Å²) in [7, 11) is 0. The van der Waals surface area contributed by atoms with Gasteiger partial charge in [-0.25, -0.2) is 0 Å². The standard InChI is InChI=1S/C16H12INO2/c17-16-12(10-19)5-3-7-15(16)20-13-8-11-4-1-2-6-14(11)18-9-13/h1-9,19H,10H2. The molecule has 3 aromatic rings. The lowest BCUT2D eigenvalue weighted by molar-refractivity contribution is 0.280. The second-order valence-electron chi connectivity index (χ2n) is 4.35. The third-order valence-corrected chi connectivity index (χ3v) is 4.23. The van der Waals surface area contributed by atoms with Crippen molar-refractivity contribution in [3.05, 3.63) is 63.9 Å². The van der Waals surface area contributed by atoms with Crippen LogP contribution >= 0.6 is 22.6 Å². The molecule has 3 nitrogen and oxygen atoms in total. The molecule has 2 aromatic carbocycles. The third-order valence-electron chi connectivity index (χ3n) is 3.01. The molecule has 0 spiro atoms. The number of aromatic nitrogens is 1. The molecule has 1 heterocycles. The molecule has 0 amide bonds. The number of pyridine rings is 1. The van der Waals surface area contributed by atoms with Crippen LogP contribution in [-0.4, -0.2) is 10.1 Å². The van der Waals surface area contributed by atoms with E-state index in [0.717, 1.165) is 25.8 Å². The summed E-state index contributed by atoms with van der Waals surface area (Å²) in [5.74, 6) is 1.42. The van der Waals surface area contributed by atoms with Gasteiger partial charge in [0.1, 0.15) is 11.5 Å². The van der Waals surface area contributed by atoms with E-state index in [1.807, 2.05) is 48.5 Å². The highest BCUT2D eigenvalue weighted by Crippen LogP contribution is 2.30. The van der Waals surface area contributed by atoms with Crippen molar-refractivity contribution >= 4 is 33.5 Å². The molecule has 0 atom stereocenters. The molecule has 1 aromatic heterocycles. The smallest absolute Gasteiger partial charge is 0.146 e. The molecule has 100 valence electrons. The highest BCUT2D eigenvalue weighted by atomic mass is 127. The zero-order valence-corrected chi connectivity index (χ0v) is 12.7. The van der Waals surface area contributed by atoms with Gasteiger partial charge < -0.3 is 9.84 Å². The SMILES string of the molecule is OCc1cccc(Oc2cnc3ccccc3c2)c1I. The van der Waals surface area contributed by atoms with Gasteiger partial charge in [0, 0.05) is 5.39 Å². The molecule has 0 fully saturated rings. The predicted molar refractivity (Wildman–Crippen MR) is 86.9 cm³/mol. The summed E-state index contributed by atoms with van der Waals surface area (Å²) in [6.07, 6.45) is 1.71. The molecular weight excluding hydrogens is 365 g/mol. The van der Waals surface area contributed by atoms with Crippen LogP contribution in [-0.2, 0) is 6.61 Å². The Labute approximate surface area is 130 Å². The van der Waals surface area contributed by atoms with Gasteiger partial charge in [0.05, 0.1) is 21.9 Å². The van der Waals surface area contributed by atoms with Gasteiger partial charge >= 0.3 is 0 Å². The maximum absolute atomic E-state index is 9.28. The Kier molecular flexibility index (Phi) is 3.84. The van der Waals surface area contributed by atoms with E-state index in [-0.39, 0.29) is 6.61 Å². The first-order chi connectivity index (χ1) is 9.78. The summed E-state index contributed by atoms with van der Waals surface area (Å²) >= 11 is 2.18. The molecule has 0 aliphatic heterocycles. The molecule has 0 saturated heterocycles. The van der Waals surface area contributed by atoms with Crippen molar-refractivity contribution in [1.29, 1.82) is 0 Å². The van der Waals surface area contributed by atoms with Crippen LogP contribution < -0.4 is 4.74 Å². The van der Waals surface area contributed by atoms with Gasteiger partial charge in [0.25, 0.3) is 0 Å². The van der Waals surface area contributed by atoms with Gasteiger partial charge in [0.2, 0.25) is 0 Å². The number of benzene rings is 2. The molecule has 4 heteroatoms. The zero-order chi connectivity index (χ0) is 13.9. The quantitative estimate of drug-likeness (QED) is 0.699. The van der Waals surface area contributed by atoms with E-state index in [4.69, 9.17) is 4.74 Å². The van der Waals surface area contributed by atoms with Crippen molar-refractivity contribution in [2.45, 2.75) is 6.61 Å². The topological polar surface area (TPSA) is 42.4 Å². The van der Waals surface area contributed by atoms with E-state index in [1.165, 1.54) is 0 Å². The first-order valence-corrected chi connectivity index (χ1v) is 7.26. The molecule has 0 saturated carbocycles. The lowest BCUT2D eigenvalue weighted by Gasteiger charge is -2.10. The number of aliphatic hydroxyl groups excluding tert-OH is 1. The minimum Gasteiger partial charge on any atom is -0.455 e. The largest absolute Gasteiger partial charge is 0.455 e. The number of para-hydroxylation sites is 1. The molecule has 20 heavy (non-hydrogen) atoms. The van der Waals surface area contributed by atoms with Crippen molar-refractivity contribution in [2.75, 3.05) is 0 Å². The fourth-order valence-corrected chi connectivity index (χ4v) is 2.63. The molecule has 3 rings (SSSR count). The zero-order valence-electron chi connectivity index (χ0n) is 10.6. The Morgan fingerprint density at radius 2 is 1.95 bits per heavy atom. The summed E-state index contributed by atoms with van der Waals surface area (Å²) in [5.41, 5.74) is 1.80. The summed E-state index contributed by atoms with van der Waals surface area (Å²) in [5, 5.41) is 10.3. The van der Waals surface area contributed by atoms with Crippen molar-refractivity contribution in [3.8, 4) is 11.5 Å². The first-order valence-electron chi connectivity index (χ1n) is 6.19.